The van der Waals surface area contributed by atoms with Crippen molar-refractivity contribution in [2.24, 2.45) is 16.8 Å². The Kier molecular flexibility index (Phi) is 10.9. The van der Waals surface area contributed by atoms with Gasteiger partial charge in [-0.1, -0.05) is 48.5 Å². The average molecular weight is 640 g/mol. The Balaban J connectivity index is 1.68. The number of benzodiazepines with no additional fused rings is 1. The van der Waals surface area contributed by atoms with Crippen molar-refractivity contribution in [2.75, 3.05) is 31.7 Å². The minimum atomic E-state index is -4.75. The Hall–Kier alpha value is -3.94. The summed E-state index contributed by atoms with van der Waals surface area (Å²) in [5.74, 6) is -6.42. The van der Waals surface area contributed by atoms with E-state index >= 15 is 0 Å². The van der Waals surface area contributed by atoms with Crippen LogP contribution >= 0.6 is 0 Å². The van der Waals surface area contributed by atoms with Gasteiger partial charge in [0, 0.05) is 42.9 Å². The van der Waals surface area contributed by atoms with Gasteiger partial charge in [-0.2, -0.15) is 26.3 Å². The summed E-state index contributed by atoms with van der Waals surface area (Å²) in [5, 5.41) is 4.90. The molecule has 0 aromatic heterocycles. The van der Waals surface area contributed by atoms with Gasteiger partial charge in [0.1, 0.15) is 0 Å². The first kappa shape index (κ1) is 33.9. The molecule has 2 aromatic rings. The molecule has 8 nitrogen and oxygen atoms in total. The van der Waals surface area contributed by atoms with E-state index in [4.69, 9.17) is 0 Å². The number of rotatable bonds is 11. The molecule has 2 heterocycles. The molecule has 244 valence electrons. The summed E-state index contributed by atoms with van der Waals surface area (Å²) in [6, 6.07) is 15.5. The number of benzene rings is 2. The zero-order chi connectivity index (χ0) is 32.8. The van der Waals surface area contributed by atoms with Crippen molar-refractivity contribution in [3.63, 3.8) is 0 Å². The number of aliphatic imine (C=N–C) groups is 1. The third-order valence-corrected chi connectivity index (χ3v) is 7.98. The van der Waals surface area contributed by atoms with Gasteiger partial charge in [0.05, 0.1) is 18.1 Å². The Labute approximate surface area is 256 Å². The van der Waals surface area contributed by atoms with Crippen molar-refractivity contribution in [1.29, 1.82) is 0 Å². The van der Waals surface area contributed by atoms with E-state index < -0.39 is 73.8 Å². The van der Waals surface area contributed by atoms with Crippen LogP contribution in [-0.4, -0.2) is 73.7 Å². The van der Waals surface area contributed by atoms with Crippen LogP contribution in [0.2, 0.25) is 0 Å². The number of alkyl halides is 6. The molecule has 4 rings (SSSR count). The number of halogens is 6. The Morgan fingerprint density at radius 2 is 1.42 bits per heavy atom. The molecular weight excluding hydrogens is 604 g/mol. The van der Waals surface area contributed by atoms with Gasteiger partial charge >= 0.3 is 12.4 Å². The number of fused-ring (bicyclic) bond motifs is 1. The maximum absolute atomic E-state index is 13.7. The van der Waals surface area contributed by atoms with Gasteiger partial charge in [-0.3, -0.25) is 19.3 Å². The van der Waals surface area contributed by atoms with E-state index in [-0.39, 0.29) is 6.67 Å². The summed E-state index contributed by atoms with van der Waals surface area (Å²) < 4.78 is 80.1. The summed E-state index contributed by atoms with van der Waals surface area (Å²) in [4.78, 5) is 48.2. The van der Waals surface area contributed by atoms with Crippen LogP contribution in [0.25, 0.3) is 0 Å². The first-order valence-electron chi connectivity index (χ1n) is 14.7. The van der Waals surface area contributed by atoms with Crippen molar-refractivity contribution in [2.45, 2.75) is 57.0 Å². The number of anilines is 1. The molecule has 3 amide bonds. The molecule has 2 N–H and O–H groups in total. The Morgan fingerprint density at radius 3 is 2.02 bits per heavy atom. The zero-order valence-electron chi connectivity index (χ0n) is 24.6. The first-order chi connectivity index (χ1) is 21.2. The van der Waals surface area contributed by atoms with Crippen molar-refractivity contribution >= 4 is 29.1 Å². The van der Waals surface area contributed by atoms with Gasteiger partial charge in [0.15, 0.2) is 0 Å². The number of carbonyl (C=O) groups is 3. The summed E-state index contributed by atoms with van der Waals surface area (Å²) >= 11 is 0. The van der Waals surface area contributed by atoms with Crippen LogP contribution in [0, 0.1) is 11.8 Å². The van der Waals surface area contributed by atoms with Crippen molar-refractivity contribution in [3.05, 3.63) is 65.7 Å². The molecule has 2 aromatic carbocycles. The number of nitrogens with one attached hydrogen (secondary N) is 2. The van der Waals surface area contributed by atoms with Crippen molar-refractivity contribution in [1.82, 2.24) is 15.5 Å². The van der Waals surface area contributed by atoms with Crippen LogP contribution in [0.3, 0.4) is 0 Å². The van der Waals surface area contributed by atoms with Gasteiger partial charge in [0.25, 0.3) is 5.91 Å². The standard InChI is InChI=1S/C31H35F6N5O3/c1-41-24-12-6-5-11-23(24)25(20-9-3-2-4-10-20)39-26(29(41)45)40-28(44)22(14-16-31(35,36)37)21(13-15-30(32,33)34)27(43)38-19-42-17-7-8-18-42/h2-6,9-12,21-22,26H,7-8,13-19H2,1H3,(H,38,43)(H,40,44)/t21-,22+,26+/m0/s1. The summed E-state index contributed by atoms with van der Waals surface area (Å²) in [6.45, 7) is 1.28. The number of carbonyl (C=O) groups excluding carboxylic acids is 3. The third kappa shape index (κ3) is 9.28. The maximum atomic E-state index is 13.7. The fourth-order valence-corrected chi connectivity index (χ4v) is 5.61. The number of nitrogens with zero attached hydrogens (tertiary/aromatic N) is 3. The molecule has 45 heavy (non-hydrogen) atoms. The van der Waals surface area contributed by atoms with Gasteiger partial charge in [-0.05, 0) is 44.8 Å². The first-order valence-corrected chi connectivity index (χ1v) is 14.7. The number of para-hydroxylation sites is 1. The molecule has 0 saturated carbocycles. The van der Waals surface area contributed by atoms with E-state index in [2.05, 4.69) is 15.6 Å². The molecule has 0 unspecified atom stereocenters. The Bertz CT molecular complexity index is 1380. The van der Waals surface area contributed by atoms with Gasteiger partial charge in [-0.25, -0.2) is 4.99 Å². The minimum absolute atomic E-state index is 0.0101. The number of likely N-dealkylation sites (N-methyl/N-ethyl adjacent to an activating group) is 1. The number of hydrogen-bond acceptors (Lipinski definition) is 5. The van der Waals surface area contributed by atoms with Crippen LogP contribution in [0.15, 0.2) is 59.6 Å². The van der Waals surface area contributed by atoms with E-state index in [0.29, 0.717) is 35.6 Å². The van der Waals surface area contributed by atoms with Crippen LogP contribution in [-0.2, 0) is 14.4 Å². The highest BCUT2D eigenvalue weighted by atomic mass is 19.4. The largest absolute Gasteiger partial charge is 0.389 e. The molecule has 0 spiro atoms. The Morgan fingerprint density at radius 1 is 0.867 bits per heavy atom. The summed E-state index contributed by atoms with van der Waals surface area (Å²) in [6.07, 6.45) is -14.2. The minimum Gasteiger partial charge on any atom is -0.343 e. The molecule has 1 fully saturated rings. The van der Waals surface area contributed by atoms with Crippen molar-refractivity contribution in [3.8, 4) is 0 Å². The number of amides is 3. The maximum Gasteiger partial charge on any atom is 0.389 e. The number of hydrogen-bond donors (Lipinski definition) is 2. The average Bonchev–Trinajstić information content (AvgIpc) is 3.49. The molecule has 0 bridgehead atoms. The fourth-order valence-electron chi connectivity index (χ4n) is 5.61. The van der Waals surface area contributed by atoms with Crippen LogP contribution < -0.4 is 15.5 Å². The van der Waals surface area contributed by atoms with Crippen LogP contribution in [0.1, 0.15) is 49.7 Å². The van der Waals surface area contributed by atoms with Crippen LogP contribution in [0.4, 0.5) is 32.0 Å². The highest BCUT2D eigenvalue weighted by molar-refractivity contribution is 6.20. The fraction of sp³-hybridized carbons (Fsp3) is 0.484. The van der Waals surface area contributed by atoms with E-state index in [0.717, 1.165) is 12.8 Å². The van der Waals surface area contributed by atoms with E-state index in [1.165, 1.54) is 11.9 Å². The highest BCUT2D eigenvalue weighted by Gasteiger charge is 2.41. The quantitative estimate of drug-likeness (QED) is 0.338. The molecule has 1 saturated heterocycles. The third-order valence-electron chi connectivity index (χ3n) is 7.98. The summed E-state index contributed by atoms with van der Waals surface area (Å²) in [5.41, 5.74) is 1.91. The van der Waals surface area contributed by atoms with Gasteiger partial charge in [0.2, 0.25) is 18.0 Å². The number of likely N-dealkylation sites (tertiary alicyclic amines) is 1. The van der Waals surface area contributed by atoms with Gasteiger partial charge < -0.3 is 15.5 Å². The lowest BCUT2D eigenvalue weighted by Gasteiger charge is -2.29. The molecule has 2 aliphatic heterocycles. The molecule has 0 aliphatic carbocycles. The van der Waals surface area contributed by atoms with Crippen LogP contribution in [0.5, 0.6) is 0 Å². The molecule has 3 atom stereocenters. The highest BCUT2D eigenvalue weighted by Crippen LogP contribution is 2.34. The predicted molar refractivity (Wildman–Crippen MR) is 155 cm³/mol. The smallest absolute Gasteiger partial charge is 0.343 e. The van der Waals surface area contributed by atoms with E-state index in [1.54, 1.807) is 54.6 Å². The van der Waals surface area contributed by atoms with E-state index in [1.807, 2.05) is 4.90 Å². The predicted octanol–water partition coefficient (Wildman–Crippen LogP) is 5.03. The second kappa shape index (κ2) is 14.4. The van der Waals surface area contributed by atoms with Gasteiger partial charge in [-0.15, -0.1) is 0 Å². The second-order valence-electron chi connectivity index (χ2n) is 11.2. The molecule has 2 aliphatic rings. The summed E-state index contributed by atoms with van der Waals surface area (Å²) in [7, 11) is 1.45. The topological polar surface area (TPSA) is 94.1 Å². The van der Waals surface area contributed by atoms with Crippen molar-refractivity contribution < 1.29 is 40.7 Å². The monoisotopic (exact) mass is 639 g/mol. The molecule has 14 heteroatoms. The zero-order valence-corrected chi connectivity index (χ0v) is 24.6. The lowest BCUT2D eigenvalue weighted by molar-refractivity contribution is -0.153. The lowest BCUT2D eigenvalue weighted by Crippen LogP contribution is -2.51. The molecular formula is C31H35F6N5O3. The van der Waals surface area contributed by atoms with E-state index in [9.17, 15) is 40.7 Å². The normalized spacial score (nSPS) is 18.9. The molecule has 0 radical (unpaired) electrons. The second-order valence-corrected chi connectivity index (χ2v) is 11.2. The SMILES string of the molecule is CN1C(=O)[C@@H](NC(=O)[C@H](CCC(F)(F)F)[C@H](CCC(F)(F)F)C(=O)NCN2CCCC2)N=C(c2ccccc2)c2ccccc21. The lowest BCUT2D eigenvalue weighted by atomic mass is 9.83.